The van der Waals surface area contributed by atoms with Crippen molar-refractivity contribution in [3.63, 3.8) is 0 Å². The van der Waals surface area contributed by atoms with Gasteiger partial charge in [-0.15, -0.1) is 0 Å². The number of anilines is 1. The summed E-state index contributed by atoms with van der Waals surface area (Å²) in [6, 6.07) is 8.16. The lowest BCUT2D eigenvalue weighted by Crippen LogP contribution is -2.31. The normalized spacial score (nSPS) is 19.9. The number of fused-ring (bicyclic) bond motifs is 1. The Morgan fingerprint density at radius 3 is 2.59 bits per heavy atom. The second kappa shape index (κ2) is 9.02. The molecule has 1 aromatic carbocycles. The van der Waals surface area contributed by atoms with Gasteiger partial charge in [0.05, 0.1) is 12.5 Å². The maximum absolute atomic E-state index is 10.8. The van der Waals surface area contributed by atoms with Gasteiger partial charge in [-0.1, -0.05) is 33.3 Å². The maximum Gasteiger partial charge on any atom is 0.305 e. The van der Waals surface area contributed by atoms with Gasteiger partial charge in [-0.2, -0.15) is 0 Å². The highest BCUT2D eigenvalue weighted by atomic mass is 16.5. The Hall–Kier alpha value is -2.30. The highest BCUT2D eigenvalue weighted by Gasteiger charge is 2.32. The first-order valence-electron chi connectivity index (χ1n) is 10.8. The Morgan fingerprint density at radius 1 is 1.21 bits per heavy atom. The van der Waals surface area contributed by atoms with Crippen molar-refractivity contribution < 1.29 is 14.6 Å². The topological polar surface area (TPSA) is 62.7 Å². The molecule has 0 atom stereocenters. The van der Waals surface area contributed by atoms with Crippen LogP contribution in [0.1, 0.15) is 59.3 Å². The van der Waals surface area contributed by atoms with E-state index in [2.05, 4.69) is 37.9 Å². The second-order valence-electron chi connectivity index (χ2n) is 9.05. The molecule has 158 valence electrons. The summed E-state index contributed by atoms with van der Waals surface area (Å²) < 4.78 is 6.30. The molecule has 0 amide bonds. The van der Waals surface area contributed by atoms with Crippen molar-refractivity contribution in [2.45, 2.75) is 65.4 Å². The molecule has 3 rings (SSSR count). The number of aromatic nitrogens is 1. The first-order chi connectivity index (χ1) is 13.8. The van der Waals surface area contributed by atoms with Crippen molar-refractivity contribution in [1.29, 1.82) is 0 Å². The van der Waals surface area contributed by atoms with Crippen LogP contribution in [0.2, 0.25) is 0 Å². The molecule has 0 aliphatic heterocycles. The smallest absolute Gasteiger partial charge is 0.305 e. The zero-order chi connectivity index (χ0) is 21.0. The number of nitrogens with zero attached hydrogens (tertiary/aromatic N) is 2. The van der Waals surface area contributed by atoms with Crippen molar-refractivity contribution in [3.05, 3.63) is 30.5 Å². The molecule has 0 spiro atoms. The van der Waals surface area contributed by atoms with Gasteiger partial charge in [0.2, 0.25) is 0 Å². The number of ether oxygens (including phenoxy) is 1. The predicted molar refractivity (Wildman–Crippen MR) is 118 cm³/mol. The predicted octanol–water partition coefficient (Wildman–Crippen LogP) is 5.52. The minimum atomic E-state index is -0.799. The molecule has 1 aliphatic rings. The Kier molecular flexibility index (Phi) is 6.66. The van der Waals surface area contributed by atoms with Crippen molar-refractivity contribution in [1.82, 2.24) is 4.98 Å². The van der Waals surface area contributed by atoms with Crippen molar-refractivity contribution in [2.24, 2.45) is 11.3 Å². The van der Waals surface area contributed by atoms with Crippen LogP contribution in [0, 0.1) is 11.3 Å². The SMILES string of the molecule is CCC(C)(C)[C@H]1CC[C@H](Oc2ccc3cc(N(C)CCC(=O)O)ncc3c2)CC1. The third kappa shape index (κ3) is 5.40. The number of carboxylic acid groups (broad SMARTS) is 1. The third-order valence-corrected chi connectivity index (χ3v) is 6.72. The zero-order valence-electron chi connectivity index (χ0n) is 18.1. The van der Waals surface area contributed by atoms with E-state index in [4.69, 9.17) is 9.84 Å². The lowest BCUT2D eigenvalue weighted by Gasteiger charge is -2.38. The average Bonchev–Trinajstić information content (AvgIpc) is 2.72. The van der Waals surface area contributed by atoms with Crippen LogP contribution < -0.4 is 9.64 Å². The van der Waals surface area contributed by atoms with Crippen LogP contribution in [-0.4, -0.2) is 35.8 Å². The van der Waals surface area contributed by atoms with Gasteiger partial charge < -0.3 is 14.7 Å². The molecule has 1 aromatic heterocycles. The van der Waals surface area contributed by atoms with E-state index in [0.29, 0.717) is 18.1 Å². The monoisotopic (exact) mass is 398 g/mol. The molecule has 0 unspecified atom stereocenters. The lowest BCUT2D eigenvalue weighted by atomic mass is 9.69. The first-order valence-corrected chi connectivity index (χ1v) is 10.8. The summed E-state index contributed by atoms with van der Waals surface area (Å²) in [5, 5.41) is 11.0. The van der Waals surface area contributed by atoms with Gasteiger partial charge in [-0.3, -0.25) is 4.79 Å². The molecular weight excluding hydrogens is 364 g/mol. The molecular formula is C24H34N2O3. The summed E-state index contributed by atoms with van der Waals surface area (Å²) in [4.78, 5) is 17.1. The van der Waals surface area contributed by atoms with E-state index < -0.39 is 5.97 Å². The van der Waals surface area contributed by atoms with Crippen LogP contribution in [0.25, 0.3) is 10.8 Å². The molecule has 1 N–H and O–H groups in total. The molecule has 0 saturated heterocycles. The Bertz CT molecular complexity index is 841. The number of aliphatic carboxylic acids is 1. The number of carbonyl (C=O) groups is 1. The van der Waals surface area contributed by atoms with E-state index in [0.717, 1.165) is 41.1 Å². The maximum atomic E-state index is 10.8. The van der Waals surface area contributed by atoms with Crippen molar-refractivity contribution >= 4 is 22.6 Å². The number of benzene rings is 1. The summed E-state index contributed by atoms with van der Waals surface area (Å²) in [6.45, 7) is 7.51. The molecule has 1 saturated carbocycles. The molecule has 1 heterocycles. The number of carboxylic acids is 1. The Labute approximate surface area is 174 Å². The molecule has 0 radical (unpaired) electrons. The summed E-state index contributed by atoms with van der Waals surface area (Å²) >= 11 is 0. The van der Waals surface area contributed by atoms with E-state index >= 15 is 0 Å². The van der Waals surface area contributed by atoms with E-state index in [1.807, 2.05) is 30.3 Å². The molecule has 1 fully saturated rings. The summed E-state index contributed by atoms with van der Waals surface area (Å²) in [5.41, 5.74) is 0.426. The fraction of sp³-hybridized carbons (Fsp3) is 0.583. The van der Waals surface area contributed by atoms with Crippen LogP contribution >= 0.6 is 0 Å². The Morgan fingerprint density at radius 2 is 1.93 bits per heavy atom. The number of pyridine rings is 1. The summed E-state index contributed by atoms with van der Waals surface area (Å²) in [5.74, 6) is 1.69. The standard InChI is InChI=1S/C24H34N2O3/c1-5-24(2,3)19-7-10-20(11-8-19)29-21-9-6-17-15-22(25-16-18(17)14-21)26(4)13-12-23(27)28/h6,9,14-16,19-20H,5,7-8,10-13H2,1-4H3,(H,27,28)/t19-,20-. The third-order valence-electron chi connectivity index (χ3n) is 6.72. The van der Waals surface area contributed by atoms with Crippen LogP contribution in [0.15, 0.2) is 30.5 Å². The van der Waals surface area contributed by atoms with Gasteiger partial charge in [-0.05, 0) is 60.6 Å². The fourth-order valence-electron chi connectivity index (χ4n) is 4.21. The molecule has 0 bridgehead atoms. The molecule has 1 aliphatic carbocycles. The van der Waals surface area contributed by atoms with Crippen LogP contribution in [0.4, 0.5) is 5.82 Å². The van der Waals surface area contributed by atoms with Crippen LogP contribution in [0.5, 0.6) is 5.75 Å². The highest BCUT2D eigenvalue weighted by molar-refractivity contribution is 5.85. The van der Waals surface area contributed by atoms with Crippen molar-refractivity contribution in [3.8, 4) is 5.75 Å². The molecule has 5 nitrogen and oxygen atoms in total. The van der Waals surface area contributed by atoms with E-state index in [9.17, 15) is 4.79 Å². The molecule has 5 heteroatoms. The summed E-state index contributed by atoms with van der Waals surface area (Å²) in [6.07, 6.45) is 8.20. The van der Waals surface area contributed by atoms with Gasteiger partial charge in [0.25, 0.3) is 0 Å². The number of hydrogen-bond acceptors (Lipinski definition) is 4. The van der Waals surface area contributed by atoms with E-state index in [-0.39, 0.29) is 6.42 Å². The van der Waals surface area contributed by atoms with E-state index in [1.165, 1.54) is 19.3 Å². The van der Waals surface area contributed by atoms with Gasteiger partial charge in [-0.25, -0.2) is 4.98 Å². The van der Waals surface area contributed by atoms with E-state index in [1.54, 1.807) is 0 Å². The second-order valence-corrected chi connectivity index (χ2v) is 9.05. The number of hydrogen-bond donors (Lipinski definition) is 1. The van der Waals surface area contributed by atoms with Gasteiger partial charge in [0.15, 0.2) is 0 Å². The highest BCUT2D eigenvalue weighted by Crippen LogP contribution is 2.41. The average molecular weight is 399 g/mol. The number of rotatable bonds is 8. The van der Waals surface area contributed by atoms with Gasteiger partial charge in [0, 0.05) is 25.2 Å². The quantitative estimate of drug-likeness (QED) is 0.634. The minimum Gasteiger partial charge on any atom is -0.490 e. The Balaban J connectivity index is 1.62. The fourth-order valence-corrected chi connectivity index (χ4v) is 4.21. The van der Waals surface area contributed by atoms with Crippen LogP contribution in [-0.2, 0) is 4.79 Å². The molecule has 29 heavy (non-hydrogen) atoms. The zero-order valence-corrected chi connectivity index (χ0v) is 18.1. The van der Waals surface area contributed by atoms with Gasteiger partial charge >= 0.3 is 5.97 Å². The van der Waals surface area contributed by atoms with Crippen LogP contribution in [0.3, 0.4) is 0 Å². The molecule has 2 aromatic rings. The van der Waals surface area contributed by atoms with Crippen molar-refractivity contribution in [2.75, 3.05) is 18.5 Å². The largest absolute Gasteiger partial charge is 0.490 e. The summed E-state index contributed by atoms with van der Waals surface area (Å²) in [7, 11) is 1.87. The first kappa shape index (κ1) is 21.4. The lowest BCUT2D eigenvalue weighted by molar-refractivity contribution is -0.136. The minimum absolute atomic E-state index is 0.0979. The van der Waals surface area contributed by atoms with Gasteiger partial charge in [0.1, 0.15) is 11.6 Å².